The third kappa shape index (κ3) is 5.42. The number of benzene rings is 2. The first kappa shape index (κ1) is 21.9. The first-order chi connectivity index (χ1) is 15.0. The number of imidazole rings is 1. The number of aryl methyl sites for hydroxylation is 1. The van der Waals surface area contributed by atoms with Crippen molar-refractivity contribution in [3.63, 3.8) is 0 Å². The molecule has 0 radical (unpaired) electrons. The van der Waals surface area contributed by atoms with Crippen molar-refractivity contribution >= 4 is 28.9 Å². The molecule has 0 aliphatic rings. The van der Waals surface area contributed by atoms with Crippen LogP contribution in [0.25, 0.3) is 17.1 Å². The van der Waals surface area contributed by atoms with Gasteiger partial charge in [-0.25, -0.2) is 4.98 Å². The lowest BCUT2D eigenvalue weighted by Crippen LogP contribution is -2.42. The number of aromatic nitrogens is 2. The summed E-state index contributed by atoms with van der Waals surface area (Å²) >= 11 is 0. The molecule has 8 nitrogen and oxygen atoms in total. The first-order valence-electron chi connectivity index (χ1n) is 10.1. The zero-order chi connectivity index (χ0) is 22.2. The minimum absolute atomic E-state index is 0.0594. The van der Waals surface area contributed by atoms with E-state index in [1.807, 2.05) is 42.7 Å². The number of hydrazine groups is 1. The van der Waals surface area contributed by atoms with E-state index in [2.05, 4.69) is 15.8 Å². The van der Waals surface area contributed by atoms with Crippen molar-refractivity contribution < 1.29 is 19.1 Å². The van der Waals surface area contributed by atoms with Gasteiger partial charge in [0.15, 0.2) is 11.5 Å². The predicted molar refractivity (Wildman–Crippen MR) is 119 cm³/mol. The van der Waals surface area contributed by atoms with Gasteiger partial charge in [-0.1, -0.05) is 25.1 Å². The minimum atomic E-state index is -0.451. The summed E-state index contributed by atoms with van der Waals surface area (Å²) in [5.74, 6) is 1.23. The third-order valence-electron chi connectivity index (χ3n) is 4.59. The largest absolute Gasteiger partial charge is 0.493 e. The Kier molecular flexibility index (Phi) is 7.26. The molecule has 0 fully saturated rings. The summed E-state index contributed by atoms with van der Waals surface area (Å²) in [5, 5.41) is 0. The van der Waals surface area contributed by atoms with E-state index in [0.717, 1.165) is 22.4 Å². The van der Waals surface area contributed by atoms with Crippen LogP contribution in [0.2, 0.25) is 0 Å². The second kappa shape index (κ2) is 10.3. The van der Waals surface area contributed by atoms with Gasteiger partial charge in [0.05, 0.1) is 24.8 Å². The highest BCUT2D eigenvalue weighted by molar-refractivity contribution is 5.93. The van der Waals surface area contributed by atoms with Gasteiger partial charge in [0, 0.05) is 12.5 Å². The van der Waals surface area contributed by atoms with E-state index in [-0.39, 0.29) is 12.5 Å². The fourth-order valence-electron chi connectivity index (χ4n) is 3.17. The Hall–Kier alpha value is -3.81. The van der Waals surface area contributed by atoms with Crippen LogP contribution in [0, 0.1) is 0 Å². The molecule has 31 heavy (non-hydrogen) atoms. The molecule has 0 unspecified atom stereocenters. The van der Waals surface area contributed by atoms with Crippen LogP contribution in [-0.4, -0.2) is 35.1 Å². The lowest BCUT2D eigenvalue weighted by Gasteiger charge is -2.10. The lowest BCUT2D eigenvalue weighted by molar-refractivity contribution is -0.127. The van der Waals surface area contributed by atoms with Gasteiger partial charge < -0.3 is 14.0 Å². The SMILES string of the molecule is CCOc1cc(/C=C/C(=O)NNC(=O)Cn2c(CC)nc3ccccc32)ccc1OC. The van der Waals surface area contributed by atoms with Gasteiger partial charge in [-0.3, -0.25) is 20.4 Å². The number of amides is 2. The van der Waals surface area contributed by atoms with Crippen molar-refractivity contribution in [2.24, 2.45) is 0 Å². The van der Waals surface area contributed by atoms with Crippen LogP contribution in [-0.2, 0) is 22.6 Å². The molecule has 0 spiro atoms. The van der Waals surface area contributed by atoms with Crippen molar-refractivity contribution in [3.05, 3.63) is 59.9 Å². The van der Waals surface area contributed by atoms with Gasteiger partial charge >= 0.3 is 0 Å². The van der Waals surface area contributed by atoms with Crippen LogP contribution < -0.4 is 20.3 Å². The van der Waals surface area contributed by atoms with Crippen molar-refractivity contribution in [2.75, 3.05) is 13.7 Å². The maximum Gasteiger partial charge on any atom is 0.262 e. The fraction of sp³-hybridized carbons (Fsp3) is 0.261. The second-order valence-corrected chi connectivity index (χ2v) is 6.67. The Bertz CT molecular complexity index is 1100. The molecule has 3 aromatic rings. The molecule has 2 aromatic carbocycles. The first-order valence-corrected chi connectivity index (χ1v) is 10.1. The molecule has 2 amide bonds. The van der Waals surface area contributed by atoms with E-state index in [4.69, 9.17) is 9.47 Å². The van der Waals surface area contributed by atoms with Crippen LogP contribution in [0.5, 0.6) is 11.5 Å². The number of rotatable bonds is 8. The monoisotopic (exact) mass is 422 g/mol. The smallest absolute Gasteiger partial charge is 0.262 e. The lowest BCUT2D eigenvalue weighted by atomic mass is 10.2. The van der Waals surface area contributed by atoms with E-state index in [1.54, 1.807) is 31.4 Å². The van der Waals surface area contributed by atoms with E-state index < -0.39 is 5.91 Å². The van der Waals surface area contributed by atoms with Crippen molar-refractivity contribution in [1.82, 2.24) is 20.4 Å². The van der Waals surface area contributed by atoms with E-state index >= 15 is 0 Å². The molecule has 0 bridgehead atoms. The van der Waals surface area contributed by atoms with E-state index in [0.29, 0.717) is 24.5 Å². The number of hydrogen-bond acceptors (Lipinski definition) is 5. The summed E-state index contributed by atoms with van der Waals surface area (Å²) in [6, 6.07) is 13.0. The number of carbonyl (C=O) groups is 2. The fourth-order valence-corrected chi connectivity index (χ4v) is 3.17. The summed E-state index contributed by atoms with van der Waals surface area (Å²) in [4.78, 5) is 29.0. The summed E-state index contributed by atoms with van der Waals surface area (Å²) in [6.07, 6.45) is 3.66. The Labute approximate surface area is 180 Å². The molecule has 1 aromatic heterocycles. The predicted octanol–water partition coefficient (Wildman–Crippen LogP) is 2.87. The van der Waals surface area contributed by atoms with Crippen LogP contribution in [0.1, 0.15) is 25.2 Å². The maximum absolute atomic E-state index is 12.4. The molecular formula is C23H26N4O4. The van der Waals surface area contributed by atoms with Crippen molar-refractivity contribution in [3.8, 4) is 11.5 Å². The molecule has 0 aliphatic carbocycles. The van der Waals surface area contributed by atoms with Crippen molar-refractivity contribution in [2.45, 2.75) is 26.8 Å². The third-order valence-corrected chi connectivity index (χ3v) is 4.59. The molecule has 8 heteroatoms. The molecule has 0 saturated heterocycles. The number of nitrogens with zero attached hydrogens (tertiary/aromatic N) is 2. The normalized spacial score (nSPS) is 10.9. The van der Waals surface area contributed by atoms with Gasteiger partial charge in [0.2, 0.25) is 0 Å². The summed E-state index contributed by atoms with van der Waals surface area (Å²) in [7, 11) is 1.57. The highest BCUT2D eigenvalue weighted by Gasteiger charge is 2.12. The summed E-state index contributed by atoms with van der Waals surface area (Å²) in [5.41, 5.74) is 7.32. The van der Waals surface area contributed by atoms with Gasteiger partial charge in [-0.05, 0) is 42.8 Å². The number of fused-ring (bicyclic) bond motifs is 1. The molecule has 3 rings (SSSR count). The Morgan fingerprint density at radius 3 is 2.65 bits per heavy atom. The molecule has 162 valence electrons. The van der Waals surface area contributed by atoms with Gasteiger partial charge in [0.25, 0.3) is 11.8 Å². The molecule has 0 aliphatic heterocycles. The molecular weight excluding hydrogens is 396 g/mol. The summed E-state index contributed by atoms with van der Waals surface area (Å²) < 4.78 is 12.6. The molecule has 0 atom stereocenters. The van der Waals surface area contributed by atoms with Crippen molar-refractivity contribution in [1.29, 1.82) is 0 Å². The zero-order valence-electron chi connectivity index (χ0n) is 17.8. The van der Waals surface area contributed by atoms with Crippen LogP contribution >= 0.6 is 0 Å². The Morgan fingerprint density at radius 2 is 1.90 bits per heavy atom. The zero-order valence-corrected chi connectivity index (χ0v) is 17.8. The molecule has 0 saturated carbocycles. The highest BCUT2D eigenvalue weighted by atomic mass is 16.5. The van der Waals surface area contributed by atoms with E-state index in [9.17, 15) is 9.59 Å². The maximum atomic E-state index is 12.4. The quantitative estimate of drug-likeness (QED) is 0.430. The number of nitrogens with one attached hydrogen (secondary N) is 2. The van der Waals surface area contributed by atoms with Gasteiger partial charge in [0.1, 0.15) is 12.4 Å². The van der Waals surface area contributed by atoms with Gasteiger partial charge in [-0.2, -0.15) is 0 Å². The average Bonchev–Trinajstić information content (AvgIpc) is 3.14. The van der Waals surface area contributed by atoms with Crippen LogP contribution in [0.15, 0.2) is 48.5 Å². The van der Waals surface area contributed by atoms with Crippen LogP contribution in [0.3, 0.4) is 0 Å². The number of ether oxygens (including phenoxy) is 2. The standard InChI is InChI=1S/C23H26N4O4/c1-4-21-24-17-8-6-7-9-18(17)27(21)15-23(29)26-25-22(28)13-11-16-10-12-19(30-3)20(14-16)31-5-2/h6-14H,4-5,15H2,1-3H3,(H,25,28)(H,26,29)/b13-11+. The molecule has 2 N–H and O–H groups in total. The number of hydrogen-bond donors (Lipinski definition) is 2. The topological polar surface area (TPSA) is 94.5 Å². The average molecular weight is 422 g/mol. The number of para-hydroxylation sites is 2. The van der Waals surface area contributed by atoms with E-state index in [1.165, 1.54) is 6.08 Å². The highest BCUT2D eigenvalue weighted by Crippen LogP contribution is 2.28. The van der Waals surface area contributed by atoms with Gasteiger partial charge in [-0.15, -0.1) is 0 Å². The second-order valence-electron chi connectivity index (χ2n) is 6.67. The number of methoxy groups -OCH3 is 1. The number of carbonyl (C=O) groups excluding carboxylic acids is 2. The Balaban J connectivity index is 1.59. The van der Waals surface area contributed by atoms with Crippen LogP contribution in [0.4, 0.5) is 0 Å². The minimum Gasteiger partial charge on any atom is -0.493 e. The molecule has 1 heterocycles. The summed E-state index contributed by atoms with van der Waals surface area (Å²) in [6.45, 7) is 4.43. The Morgan fingerprint density at radius 1 is 1.10 bits per heavy atom.